The fourth-order valence-electron chi connectivity index (χ4n) is 7.13. The number of amides is 1. The van der Waals surface area contributed by atoms with Crippen LogP contribution in [0.5, 0.6) is 5.75 Å². The van der Waals surface area contributed by atoms with Crippen molar-refractivity contribution < 1.29 is 14.4 Å². The van der Waals surface area contributed by atoms with E-state index in [0.29, 0.717) is 41.4 Å². The van der Waals surface area contributed by atoms with Gasteiger partial charge in [-0.05, 0) is 54.4 Å². The molecule has 3 aliphatic rings. The minimum atomic E-state index is -0.269. The second-order valence-corrected chi connectivity index (χ2v) is 12.8. The number of fused-ring (bicyclic) bond motifs is 1. The van der Waals surface area contributed by atoms with Crippen molar-refractivity contribution in [1.82, 2.24) is 19.8 Å². The van der Waals surface area contributed by atoms with Crippen molar-refractivity contribution in [2.75, 3.05) is 80.6 Å². The standard InChI is InChI=1S/C37H44N8O3/c1-4-37(46)41-30-22-31(34(47-3)23-33(30)44-14-11-29(12-15-44)43-18-16-42(2)17-19-43)40-35-24-36(39-25-38-35)45-32(13-20-48-45)28-10-9-26-7-5-6-8-27(26)21-28/h4-10,21-25,29,32H,1,11-20H2,2-3H3,(H,41,46)(H,38,39,40)/t32-/m1/s1. The summed E-state index contributed by atoms with van der Waals surface area (Å²) in [6.45, 7) is 10.5. The van der Waals surface area contributed by atoms with Crippen LogP contribution in [0.15, 0.2) is 79.6 Å². The summed E-state index contributed by atoms with van der Waals surface area (Å²) < 4.78 is 5.89. The van der Waals surface area contributed by atoms with Crippen molar-refractivity contribution in [3.63, 3.8) is 0 Å². The Balaban J connectivity index is 1.11. The quantitative estimate of drug-likeness (QED) is 0.223. The van der Waals surface area contributed by atoms with Gasteiger partial charge in [-0.1, -0.05) is 43.0 Å². The number of benzene rings is 3. The monoisotopic (exact) mass is 648 g/mol. The summed E-state index contributed by atoms with van der Waals surface area (Å²) in [4.78, 5) is 35.1. The highest BCUT2D eigenvalue weighted by Gasteiger charge is 2.30. The van der Waals surface area contributed by atoms with Gasteiger partial charge in [0.2, 0.25) is 5.91 Å². The van der Waals surface area contributed by atoms with E-state index in [0.717, 1.165) is 64.2 Å². The van der Waals surface area contributed by atoms with Crippen LogP contribution in [0, 0.1) is 0 Å². The highest BCUT2D eigenvalue weighted by atomic mass is 16.7. The summed E-state index contributed by atoms with van der Waals surface area (Å²) in [5.74, 6) is 1.61. The number of hydrogen-bond acceptors (Lipinski definition) is 10. The number of hydrogen-bond donors (Lipinski definition) is 2. The number of nitrogens with zero attached hydrogens (tertiary/aromatic N) is 6. The largest absolute Gasteiger partial charge is 0.494 e. The SMILES string of the molecule is C=CC(=O)Nc1cc(Nc2cc(N3OCC[C@@H]3c3ccc4ccccc4c3)ncn2)c(OC)cc1N1CCC(N2CCN(C)CC2)CC1. The number of nitrogens with one attached hydrogen (secondary N) is 2. The number of carbonyl (C=O) groups excluding carboxylic acids is 1. The summed E-state index contributed by atoms with van der Waals surface area (Å²) in [6, 6.07) is 21.3. The van der Waals surface area contributed by atoms with Gasteiger partial charge in [0.05, 0.1) is 36.8 Å². The van der Waals surface area contributed by atoms with E-state index < -0.39 is 0 Å². The molecule has 11 nitrogen and oxygen atoms in total. The van der Waals surface area contributed by atoms with Crippen LogP contribution in [0.1, 0.15) is 30.9 Å². The van der Waals surface area contributed by atoms with E-state index in [1.807, 2.05) is 23.3 Å². The molecule has 1 amide bonds. The lowest BCUT2D eigenvalue weighted by molar-refractivity contribution is -0.111. The fourth-order valence-corrected chi connectivity index (χ4v) is 7.13. The maximum atomic E-state index is 12.6. The zero-order valence-electron chi connectivity index (χ0n) is 27.8. The average Bonchev–Trinajstić information content (AvgIpc) is 3.62. The third kappa shape index (κ3) is 6.80. The molecule has 0 saturated carbocycles. The Kier molecular flexibility index (Phi) is 9.42. The molecule has 4 heterocycles. The van der Waals surface area contributed by atoms with Gasteiger partial charge in [-0.2, -0.15) is 0 Å². The Hall–Kier alpha value is -4.71. The second-order valence-electron chi connectivity index (χ2n) is 12.8. The highest BCUT2D eigenvalue weighted by Crippen LogP contribution is 2.41. The van der Waals surface area contributed by atoms with Crippen LogP contribution in [0.2, 0.25) is 0 Å². The van der Waals surface area contributed by atoms with E-state index in [1.54, 1.807) is 7.11 Å². The predicted molar refractivity (Wildman–Crippen MR) is 191 cm³/mol. The lowest BCUT2D eigenvalue weighted by Crippen LogP contribution is -2.52. The smallest absolute Gasteiger partial charge is 0.247 e. The summed E-state index contributed by atoms with van der Waals surface area (Å²) in [5.41, 5.74) is 3.46. The molecule has 11 heteroatoms. The topological polar surface area (TPSA) is 98.3 Å². The average molecular weight is 649 g/mol. The first-order valence-electron chi connectivity index (χ1n) is 16.8. The van der Waals surface area contributed by atoms with Crippen LogP contribution < -0.4 is 25.3 Å². The van der Waals surface area contributed by atoms with Crippen LogP contribution >= 0.6 is 0 Å². The molecule has 0 unspecified atom stereocenters. The zero-order chi connectivity index (χ0) is 33.0. The molecule has 1 atom stereocenters. The van der Waals surface area contributed by atoms with Gasteiger partial charge in [-0.15, -0.1) is 0 Å². The molecular formula is C37H44N8O3. The van der Waals surface area contributed by atoms with Gasteiger partial charge in [0.15, 0.2) is 5.82 Å². The first kappa shape index (κ1) is 31.9. The van der Waals surface area contributed by atoms with Gasteiger partial charge in [-0.3, -0.25) is 14.5 Å². The maximum absolute atomic E-state index is 12.6. The molecule has 3 saturated heterocycles. The van der Waals surface area contributed by atoms with Crippen LogP contribution in [0.4, 0.5) is 28.7 Å². The van der Waals surface area contributed by atoms with Crippen molar-refractivity contribution >= 4 is 45.4 Å². The molecule has 1 aromatic heterocycles. The van der Waals surface area contributed by atoms with E-state index in [2.05, 4.69) is 91.4 Å². The molecule has 48 heavy (non-hydrogen) atoms. The number of anilines is 5. The number of hydroxylamine groups is 1. The van der Waals surface area contributed by atoms with E-state index in [1.165, 1.54) is 28.7 Å². The van der Waals surface area contributed by atoms with Crippen molar-refractivity contribution in [2.24, 2.45) is 0 Å². The van der Waals surface area contributed by atoms with Crippen molar-refractivity contribution in [2.45, 2.75) is 31.3 Å². The Morgan fingerprint density at radius 1 is 0.938 bits per heavy atom. The first-order chi connectivity index (χ1) is 23.5. The predicted octanol–water partition coefficient (Wildman–Crippen LogP) is 5.61. The first-order valence-corrected chi connectivity index (χ1v) is 16.8. The molecule has 0 radical (unpaired) electrons. The van der Waals surface area contributed by atoms with Gasteiger partial charge in [-0.25, -0.2) is 15.0 Å². The Morgan fingerprint density at radius 3 is 2.50 bits per heavy atom. The summed E-state index contributed by atoms with van der Waals surface area (Å²) in [7, 11) is 3.85. The number of likely N-dealkylation sites (N-methyl/N-ethyl adjacent to an activating group) is 1. The van der Waals surface area contributed by atoms with Crippen molar-refractivity contribution in [1.29, 1.82) is 0 Å². The zero-order valence-corrected chi connectivity index (χ0v) is 27.8. The summed E-state index contributed by atoms with van der Waals surface area (Å²) in [6.07, 6.45) is 5.81. The molecule has 0 aliphatic carbocycles. The second kappa shape index (κ2) is 14.2. The number of aromatic nitrogens is 2. The molecule has 3 fully saturated rings. The molecule has 3 aromatic carbocycles. The van der Waals surface area contributed by atoms with Crippen LogP contribution in [-0.4, -0.2) is 91.7 Å². The van der Waals surface area contributed by atoms with Gasteiger partial charge >= 0.3 is 0 Å². The van der Waals surface area contributed by atoms with E-state index >= 15 is 0 Å². The number of piperazine rings is 1. The lowest BCUT2D eigenvalue weighted by atomic mass is 10.0. The lowest BCUT2D eigenvalue weighted by Gasteiger charge is -2.43. The van der Waals surface area contributed by atoms with E-state index in [-0.39, 0.29) is 11.9 Å². The normalized spacial score (nSPS) is 19.4. The highest BCUT2D eigenvalue weighted by molar-refractivity contribution is 6.02. The number of carbonyl (C=O) groups is 1. The third-order valence-corrected chi connectivity index (χ3v) is 9.82. The fraction of sp³-hybridized carbons (Fsp3) is 0.378. The molecule has 0 bridgehead atoms. The molecule has 2 N–H and O–H groups in total. The minimum Gasteiger partial charge on any atom is -0.494 e. The number of ether oxygens (including phenoxy) is 1. The number of methoxy groups -OCH3 is 1. The Morgan fingerprint density at radius 2 is 1.73 bits per heavy atom. The van der Waals surface area contributed by atoms with Crippen molar-refractivity contribution in [3.05, 3.63) is 85.2 Å². The van der Waals surface area contributed by atoms with Gasteiger partial charge in [0, 0.05) is 63.9 Å². The number of piperidine rings is 1. The van der Waals surface area contributed by atoms with E-state index in [4.69, 9.17) is 9.57 Å². The molecule has 0 spiro atoms. The summed E-state index contributed by atoms with van der Waals surface area (Å²) in [5, 5.41) is 10.7. The van der Waals surface area contributed by atoms with Crippen LogP contribution in [-0.2, 0) is 9.63 Å². The Bertz CT molecular complexity index is 1770. The van der Waals surface area contributed by atoms with Crippen LogP contribution in [0.3, 0.4) is 0 Å². The minimum absolute atomic E-state index is 0.0206. The molecule has 250 valence electrons. The summed E-state index contributed by atoms with van der Waals surface area (Å²) >= 11 is 0. The number of rotatable bonds is 9. The van der Waals surface area contributed by atoms with Crippen LogP contribution in [0.25, 0.3) is 10.8 Å². The molecule has 4 aromatic rings. The molecular weight excluding hydrogens is 604 g/mol. The maximum Gasteiger partial charge on any atom is 0.247 e. The van der Waals surface area contributed by atoms with Gasteiger partial charge in [0.1, 0.15) is 17.9 Å². The molecule has 3 aliphatic heterocycles. The van der Waals surface area contributed by atoms with Crippen molar-refractivity contribution in [3.8, 4) is 5.75 Å². The van der Waals surface area contributed by atoms with E-state index in [9.17, 15) is 4.79 Å². The van der Waals surface area contributed by atoms with Gasteiger partial charge in [0.25, 0.3) is 0 Å². The molecule has 7 rings (SSSR count). The van der Waals surface area contributed by atoms with Gasteiger partial charge < -0.3 is 25.2 Å². The third-order valence-electron chi connectivity index (χ3n) is 9.82. The Labute approximate surface area is 282 Å².